The summed E-state index contributed by atoms with van der Waals surface area (Å²) in [5, 5.41) is 0. The van der Waals surface area contributed by atoms with E-state index in [1.165, 1.54) is 24.2 Å². The Kier molecular flexibility index (Phi) is 4.37. The molecule has 2 rings (SSSR count). The Morgan fingerprint density at radius 2 is 2.00 bits per heavy atom. The molecule has 1 aromatic heterocycles. The highest BCUT2D eigenvalue weighted by Crippen LogP contribution is 2.17. The second-order valence-corrected chi connectivity index (χ2v) is 4.90. The first-order chi connectivity index (χ1) is 8.29. The average Bonchev–Trinajstić information content (AvgIpc) is 2.37. The van der Waals surface area contributed by atoms with Crippen LogP contribution in [0.1, 0.15) is 25.5 Å². The summed E-state index contributed by atoms with van der Waals surface area (Å²) in [5.74, 6) is 0. The molecule has 94 valence electrons. The molecule has 2 heterocycles. The molecule has 1 aromatic rings. The number of likely N-dealkylation sites (N-methyl/N-ethyl adjacent to an activating group) is 1. The van der Waals surface area contributed by atoms with E-state index < -0.39 is 0 Å². The molecule has 0 spiro atoms. The fraction of sp³-hybridized carbons (Fsp3) is 0.643. The van der Waals surface area contributed by atoms with Gasteiger partial charge in [-0.25, -0.2) is 0 Å². The van der Waals surface area contributed by atoms with E-state index in [1.54, 1.807) is 0 Å². The lowest BCUT2D eigenvalue weighted by Gasteiger charge is -2.34. The zero-order valence-electron chi connectivity index (χ0n) is 11.0. The normalized spacial score (nSPS) is 17.4. The Morgan fingerprint density at radius 1 is 1.24 bits per heavy atom. The first kappa shape index (κ1) is 12.4. The number of anilines is 1. The minimum Gasteiger partial charge on any atom is -0.369 e. The second kappa shape index (κ2) is 6.01. The highest BCUT2D eigenvalue weighted by molar-refractivity contribution is 5.47. The standard InChI is InChI=1S/C14H23N3/c1-3-4-5-13-12-14(6-7-15-13)17-10-8-16(2)9-11-17/h6-7,12H,3-5,8-11H2,1-2H3. The Balaban J connectivity index is 2.00. The van der Waals surface area contributed by atoms with Crippen LogP contribution in [-0.4, -0.2) is 43.1 Å². The maximum atomic E-state index is 4.45. The van der Waals surface area contributed by atoms with Crippen molar-refractivity contribution < 1.29 is 0 Å². The fourth-order valence-electron chi connectivity index (χ4n) is 2.22. The predicted octanol–water partition coefficient (Wildman–Crippen LogP) is 2.18. The summed E-state index contributed by atoms with van der Waals surface area (Å²) in [5.41, 5.74) is 2.59. The van der Waals surface area contributed by atoms with Crippen LogP contribution in [0.5, 0.6) is 0 Å². The smallest absolute Gasteiger partial charge is 0.0424 e. The molecule has 0 radical (unpaired) electrons. The summed E-state index contributed by atoms with van der Waals surface area (Å²) in [6, 6.07) is 4.40. The van der Waals surface area contributed by atoms with Crippen molar-refractivity contribution in [2.75, 3.05) is 38.1 Å². The number of nitrogens with zero attached hydrogens (tertiary/aromatic N) is 3. The van der Waals surface area contributed by atoms with Gasteiger partial charge in [0, 0.05) is 43.8 Å². The van der Waals surface area contributed by atoms with Crippen LogP contribution in [-0.2, 0) is 6.42 Å². The highest BCUT2D eigenvalue weighted by atomic mass is 15.2. The molecule has 3 nitrogen and oxygen atoms in total. The predicted molar refractivity (Wildman–Crippen MR) is 72.6 cm³/mol. The van der Waals surface area contributed by atoms with Crippen molar-refractivity contribution in [3.8, 4) is 0 Å². The molecule has 0 amide bonds. The lowest BCUT2D eigenvalue weighted by molar-refractivity contribution is 0.313. The Bertz CT molecular complexity index is 343. The molecule has 1 saturated heterocycles. The number of pyridine rings is 1. The Morgan fingerprint density at radius 3 is 2.71 bits per heavy atom. The molecule has 0 bridgehead atoms. The summed E-state index contributed by atoms with van der Waals surface area (Å²) in [7, 11) is 2.19. The van der Waals surface area contributed by atoms with Gasteiger partial charge in [0.25, 0.3) is 0 Å². The van der Waals surface area contributed by atoms with E-state index in [0.717, 1.165) is 32.6 Å². The van der Waals surface area contributed by atoms with Crippen molar-refractivity contribution >= 4 is 5.69 Å². The first-order valence-corrected chi connectivity index (χ1v) is 6.68. The van der Waals surface area contributed by atoms with Gasteiger partial charge in [-0.05, 0) is 32.0 Å². The lowest BCUT2D eigenvalue weighted by atomic mass is 10.1. The van der Waals surface area contributed by atoms with E-state index in [0.29, 0.717) is 0 Å². The third-order valence-corrected chi connectivity index (χ3v) is 3.46. The summed E-state index contributed by atoms with van der Waals surface area (Å²) >= 11 is 0. The van der Waals surface area contributed by atoms with Crippen molar-refractivity contribution in [3.05, 3.63) is 24.0 Å². The molecule has 0 aliphatic carbocycles. The Hall–Kier alpha value is -1.09. The number of hydrogen-bond donors (Lipinski definition) is 0. The van der Waals surface area contributed by atoms with E-state index in [2.05, 4.69) is 40.9 Å². The molecule has 1 aliphatic heterocycles. The minimum atomic E-state index is 1.11. The van der Waals surface area contributed by atoms with Crippen LogP contribution in [0, 0.1) is 0 Å². The highest BCUT2D eigenvalue weighted by Gasteiger charge is 2.14. The van der Waals surface area contributed by atoms with Gasteiger partial charge >= 0.3 is 0 Å². The van der Waals surface area contributed by atoms with Crippen LogP contribution in [0.25, 0.3) is 0 Å². The van der Waals surface area contributed by atoms with Gasteiger partial charge in [-0.2, -0.15) is 0 Å². The quantitative estimate of drug-likeness (QED) is 0.794. The number of rotatable bonds is 4. The number of piperazine rings is 1. The van der Waals surface area contributed by atoms with Gasteiger partial charge in [-0.1, -0.05) is 13.3 Å². The third-order valence-electron chi connectivity index (χ3n) is 3.46. The molecule has 0 atom stereocenters. The first-order valence-electron chi connectivity index (χ1n) is 6.68. The third kappa shape index (κ3) is 3.43. The monoisotopic (exact) mass is 233 g/mol. The van der Waals surface area contributed by atoms with Crippen LogP contribution in [0.3, 0.4) is 0 Å². The fourth-order valence-corrected chi connectivity index (χ4v) is 2.22. The van der Waals surface area contributed by atoms with E-state index >= 15 is 0 Å². The molecule has 17 heavy (non-hydrogen) atoms. The van der Waals surface area contributed by atoms with E-state index in [1.807, 2.05) is 6.20 Å². The van der Waals surface area contributed by atoms with Gasteiger partial charge in [0.1, 0.15) is 0 Å². The summed E-state index contributed by atoms with van der Waals surface area (Å²) in [6.45, 7) is 6.81. The largest absolute Gasteiger partial charge is 0.369 e. The number of aromatic nitrogens is 1. The van der Waals surface area contributed by atoms with Crippen molar-refractivity contribution in [1.82, 2.24) is 9.88 Å². The Labute approximate surface area is 104 Å². The molecule has 0 saturated carbocycles. The van der Waals surface area contributed by atoms with E-state index in [4.69, 9.17) is 0 Å². The minimum absolute atomic E-state index is 1.11. The summed E-state index contributed by atoms with van der Waals surface area (Å²) < 4.78 is 0. The van der Waals surface area contributed by atoms with E-state index in [9.17, 15) is 0 Å². The average molecular weight is 233 g/mol. The summed E-state index contributed by atoms with van der Waals surface area (Å²) in [4.78, 5) is 9.30. The van der Waals surface area contributed by atoms with Crippen LogP contribution >= 0.6 is 0 Å². The van der Waals surface area contributed by atoms with Gasteiger partial charge in [0.2, 0.25) is 0 Å². The molecule has 3 heteroatoms. The van der Waals surface area contributed by atoms with Crippen molar-refractivity contribution in [1.29, 1.82) is 0 Å². The molecule has 1 aliphatic rings. The van der Waals surface area contributed by atoms with Crippen molar-refractivity contribution in [2.24, 2.45) is 0 Å². The number of aryl methyl sites for hydroxylation is 1. The SMILES string of the molecule is CCCCc1cc(N2CCN(C)CC2)ccn1. The zero-order valence-corrected chi connectivity index (χ0v) is 11.0. The number of hydrogen-bond acceptors (Lipinski definition) is 3. The zero-order chi connectivity index (χ0) is 12.1. The van der Waals surface area contributed by atoms with Gasteiger partial charge in [-0.15, -0.1) is 0 Å². The molecule has 0 aromatic carbocycles. The van der Waals surface area contributed by atoms with Crippen LogP contribution in [0.15, 0.2) is 18.3 Å². The van der Waals surface area contributed by atoms with E-state index in [-0.39, 0.29) is 0 Å². The van der Waals surface area contributed by atoms with Crippen LogP contribution < -0.4 is 4.90 Å². The molecular formula is C14H23N3. The van der Waals surface area contributed by atoms with Gasteiger partial charge in [-0.3, -0.25) is 4.98 Å². The van der Waals surface area contributed by atoms with Gasteiger partial charge < -0.3 is 9.80 Å². The molecule has 1 fully saturated rings. The maximum Gasteiger partial charge on any atom is 0.0424 e. The van der Waals surface area contributed by atoms with Crippen LogP contribution in [0.2, 0.25) is 0 Å². The van der Waals surface area contributed by atoms with Gasteiger partial charge in [0.15, 0.2) is 0 Å². The second-order valence-electron chi connectivity index (χ2n) is 4.90. The molecule has 0 unspecified atom stereocenters. The topological polar surface area (TPSA) is 19.4 Å². The molecular weight excluding hydrogens is 210 g/mol. The number of unbranched alkanes of at least 4 members (excludes halogenated alkanes) is 1. The van der Waals surface area contributed by atoms with Gasteiger partial charge in [0.05, 0.1) is 0 Å². The maximum absolute atomic E-state index is 4.45. The van der Waals surface area contributed by atoms with Crippen molar-refractivity contribution in [3.63, 3.8) is 0 Å². The summed E-state index contributed by atoms with van der Waals surface area (Å²) in [6.07, 6.45) is 5.54. The van der Waals surface area contributed by atoms with Crippen LogP contribution in [0.4, 0.5) is 5.69 Å². The molecule has 0 N–H and O–H groups in total. The lowest BCUT2D eigenvalue weighted by Crippen LogP contribution is -2.44. The van der Waals surface area contributed by atoms with Crippen molar-refractivity contribution in [2.45, 2.75) is 26.2 Å².